The van der Waals surface area contributed by atoms with Gasteiger partial charge in [0.15, 0.2) is 0 Å². The monoisotopic (exact) mass is 396 g/mol. The summed E-state index contributed by atoms with van der Waals surface area (Å²) in [5.41, 5.74) is 4.98. The van der Waals surface area contributed by atoms with Crippen molar-refractivity contribution in [2.24, 2.45) is 0 Å². The third kappa shape index (κ3) is 4.58. The predicted octanol–water partition coefficient (Wildman–Crippen LogP) is 5.33. The lowest BCUT2D eigenvalue weighted by atomic mass is 10.1. The molecule has 7 heteroatoms. The molecule has 3 rings (SSSR count). The van der Waals surface area contributed by atoms with E-state index in [4.69, 9.17) is 16.3 Å². The molecule has 2 aromatic carbocycles. The molecule has 0 unspecified atom stereocenters. The molecule has 0 aliphatic rings. The maximum absolute atomic E-state index is 11.8. The second-order valence-corrected chi connectivity index (χ2v) is 6.88. The molecule has 144 valence electrons. The Morgan fingerprint density at radius 3 is 2.46 bits per heavy atom. The highest BCUT2D eigenvalue weighted by Gasteiger charge is 2.11. The van der Waals surface area contributed by atoms with Crippen molar-refractivity contribution in [2.45, 2.75) is 20.8 Å². The Morgan fingerprint density at radius 1 is 0.964 bits per heavy atom. The first kappa shape index (κ1) is 19.6. The Hall–Kier alpha value is -3.12. The number of nitrogens with zero attached hydrogens (tertiary/aromatic N) is 2. The molecular formula is C21H21ClN4O2. The number of aromatic nitrogens is 2. The number of carbonyl (C=O) groups is 1. The fourth-order valence-electron chi connectivity index (χ4n) is 2.77. The highest BCUT2D eigenvalue weighted by atomic mass is 35.5. The number of benzene rings is 2. The van der Waals surface area contributed by atoms with Crippen LogP contribution >= 0.6 is 11.6 Å². The van der Waals surface area contributed by atoms with E-state index in [1.54, 1.807) is 18.2 Å². The number of rotatable bonds is 5. The van der Waals surface area contributed by atoms with Crippen LogP contribution in [0.25, 0.3) is 0 Å². The van der Waals surface area contributed by atoms with Crippen molar-refractivity contribution < 1.29 is 9.53 Å². The number of aryl methyl sites for hydroxylation is 3. The van der Waals surface area contributed by atoms with Gasteiger partial charge in [0.05, 0.1) is 23.4 Å². The predicted molar refractivity (Wildman–Crippen MR) is 112 cm³/mol. The molecule has 0 saturated carbocycles. The highest BCUT2D eigenvalue weighted by molar-refractivity contribution is 6.33. The van der Waals surface area contributed by atoms with Crippen LogP contribution < -0.4 is 10.6 Å². The van der Waals surface area contributed by atoms with Crippen LogP contribution in [0.15, 0.2) is 42.5 Å². The van der Waals surface area contributed by atoms with Gasteiger partial charge in [-0.05, 0) is 50.6 Å². The van der Waals surface area contributed by atoms with Crippen molar-refractivity contribution in [3.63, 3.8) is 0 Å². The molecule has 6 nitrogen and oxygen atoms in total. The summed E-state index contributed by atoms with van der Waals surface area (Å²) in [7, 11) is 1.33. The van der Waals surface area contributed by atoms with E-state index in [9.17, 15) is 4.79 Å². The van der Waals surface area contributed by atoms with E-state index in [1.807, 2.05) is 32.0 Å². The zero-order valence-electron chi connectivity index (χ0n) is 16.1. The molecular weight excluding hydrogens is 376 g/mol. The number of anilines is 4. The number of halogens is 1. The quantitative estimate of drug-likeness (QED) is 0.568. The second kappa shape index (κ2) is 8.27. The summed E-state index contributed by atoms with van der Waals surface area (Å²) in [6.07, 6.45) is 0. The molecule has 1 aromatic heterocycles. The van der Waals surface area contributed by atoms with E-state index >= 15 is 0 Å². The molecule has 3 aromatic rings. The average Bonchev–Trinajstić information content (AvgIpc) is 2.65. The van der Waals surface area contributed by atoms with E-state index in [0.29, 0.717) is 28.0 Å². The molecule has 28 heavy (non-hydrogen) atoms. The third-order valence-electron chi connectivity index (χ3n) is 4.13. The van der Waals surface area contributed by atoms with Crippen LogP contribution in [0.4, 0.5) is 23.1 Å². The van der Waals surface area contributed by atoms with Crippen LogP contribution in [0.3, 0.4) is 0 Å². The smallest absolute Gasteiger partial charge is 0.337 e. The molecule has 0 aliphatic carbocycles. The fourth-order valence-corrected chi connectivity index (χ4v) is 2.93. The number of nitrogens with one attached hydrogen (secondary N) is 2. The third-order valence-corrected chi connectivity index (χ3v) is 4.46. The SMILES string of the molecule is COC(=O)c1ccc(Cl)c(Nc2nc(C)cc(Nc3ccc(C)cc3C)n2)c1. The van der Waals surface area contributed by atoms with Crippen LogP contribution in [-0.2, 0) is 4.74 Å². The van der Waals surface area contributed by atoms with E-state index < -0.39 is 5.97 Å². The summed E-state index contributed by atoms with van der Waals surface area (Å²) >= 11 is 6.25. The maximum atomic E-state index is 11.8. The standard InChI is InChI=1S/C21H21ClN4O2/c1-12-5-8-17(13(2)9-12)24-19-10-14(3)23-21(26-19)25-18-11-15(20(27)28-4)6-7-16(18)22/h5-11H,1-4H3,(H2,23,24,25,26). The van der Waals surface area contributed by atoms with Crippen molar-refractivity contribution in [1.29, 1.82) is 0 Å². The molecule has 0 bridgehead atoms. The van der Waals surface area contributed by atoms with Crippen molar-refractivity contribution >= 4 is 40.7 Å². The van der Waals surface area contributed by atoms with Gasteiger partial charge in [0, 0.05) is 17.4 Å². The molecule has 0 fully saturated rings. The Balaban J connectivity index is 1.89. The Kier molecular flexibility index (Phi) is 5.80. The lowest BCUT2D eigenvalue weighted by Crippen LogP contribution is -2.05. The fraction of sp³-hybridized carbons (Fsp3) is 0.190. The zero-order valence-corrected chi connectivity index (χ0v) is 16.9. The average molecular weight is 397 g/mol. The minimum atomic E-state index is -0.443. The van der Waals surface area contributed by atoms with Crippen molar-refractivity contribution in [1.82, 2.24) is 9.97 Å². The van der Waals surface area contributed by atoms with E-state index in [0.717, 1.165) is 16.9 Å². The molecule has 0 spiro atoms. The zero-order chi connectivity index (χ0) is 20.3. The molecule has 0 atom stereocenters. The van der Waals surface area contributed by atoms with Gasteiger partial charge < -0.3 is 15.4 Å². The molecule has 0 radical (unpaired) electrons. The molecule has 0 saturated heterocycles. The van der Waals surface area contributed by atoms with Crippen molar-refractivity contribution in [3.8, 4) is 0 Å². The van der Waals surface area contributed by atoms with E-state index in [1.165, 1.54) is 12.7 Å². The number of carbonyl (C=O) groups excluding carboxylic acids is 1. The number of methoxy groups -OCH3 is 1. The molecule has 0 amide bonds. The van der Waals surface area contributed by atoms with Gasteiger partial charge in [-0.1, -0.05) is 29.3 Å². The van der Waals surface area contributed by atoms with Crippen LogP contribution in [0.5, 0.6) is 0 Å². The maximum Gasteiger partial charge on any atom is 0.337 e. The number of hydrogen-bond acceptors (Lipinski definition) is 6. The van der Waals surface area contributed by atoms with Crippen molar-refractivity contribution in [3.05, 3.63) is 69.9 Å². The second-order valence-electron chi connectivity index (χ2n) is 6.47. The molecule has 0 aliphatic heterocycles. The van der Waals surface area contributed by atoms with Gasteiger partial charge in [0.2, 0.25) is 5.95 Å². The van der Waals surface area contributed by atoms with Gasteiger partial charge in [0.25, 0.3) is 0 Å². The summed E-state index contributed by atoms with van der Waals surface area (Å²) in [5, 5.41) is 6.85. The molecule has 2 N–H and O–H groups in total. The number of ether oxygens (including phenoxy) is 1. The minimum Gasteiger partial charge on any atom is -0.465 e. The topological polar surface area (TPSA) is 76.1 Å². The molecule has 1 heterocycles. The Bertz CT molecular complexity index is 1040. The number of hydrogen-bond donors (Lipinski definition) is 2. The van der Waals surface area contributed by atoms with E-state index in [-0.39, 0.29) is 0 Å². The summed E-state index contributed by atoms with van der Waals surface area (Å²) in [6, 6.07) is 12.9. The largest absolute Gasteiger partial charge is 0.465 e. The summed E-state index contributed by atoms with van der Waals surface area (Å²) < 4.78 is 4.75. The van der Waals surface area contributed by atoms with Crippen LogP contribution in [-0.4, -0.2) is 23.0 Å². The van der Waals surface area contributed by atoms with Gasteiger partial charge in [-0.3, -0.25) is 0 Å². The number of esters is 1. The van der Waals surface area contributed by atoms with Gasteiger partial charge in [0.1, 0.15) is 5.82 Å². The van der Waals surface area contributed by atoms with Gasteiger partial charge in [-0.2, -0.15) is 4.98 Å². The van der Waals surface area contributed by atoms with Crippen LogP contribution in [0.1, 0.15) is 27.2 Å². The summed E-state index contributed by atoms with van der Waals surface area (Å²) in [6.45, 7) is 5.98. The lowest BCUT2D eigenvalue weighted by Gasteiger charge is -2.13. The van der Waals surface area contributed by atoms with Crippen molar-refractivity contribution in [2.75, 3.05) is 17.7 Å². The van der Waals surface area contributed by atoms with Gasteiger partial charge >= 0.3 is 5.97 Å². The van der Waals surface area contributed by atoms with Crippen LogP contribution in [0.2, 0.25) is 5.02 Å². The Labute approximate surface area is 168 Å². The lowest BCUT2D eigenvalue weighted by molar-refractivity contribution is 0.0601. The van der Waals surface area contributed by atoms with E-state index in [2.05, 4.69) is 33.6 Å². The van der Waals surface area contributed by atoms with Gasteiger partial charge in [-0.15, -0.1) is 0 Å². The Morgan fingerprint density at radius 2 is 1.75 bits per heavy atom. The summed E-state index contributed by atoms with van der Waals surface area (Å²) in [4.78, 5) is 20.7. The first-order valence-electron chi connectivity index (χ1n) is 8.70. The van der Waals surface area contributed by atoms with Crippen LogP contribution in [0, 0.1) is 20.8 Å². The van der Waals surface area contributed by atoms with Gasteiger partial charge in [-0.25, -0.2) is 9.78 Å². The summed E-state index contributed by atoms with van der Waals surface area (Å²) in [5.74, 6) is 0.584. The first-order chi connectivity index (χ1) is 13.4. The first-order valence-corrected chi connectivity index (χ1v) is 9.08. The normalized spacial score (nSPS) is 10.5. The highest BCUT2D eigenvalue weighted by Crippen LogP contribution is 2.27. The minimum absolute atomic E-state index is 0.371.